The summed E-state index contributed by atoms with van der Waals surface area (Å²) in [5.41, 5.74) is 0. The van der Waals surface area contributed by atoms with E-state index in [0.717, 1.165) is 0 Å². The predicted molar refractivity (Wildman–Crippen MR) is 35.4 cm³/mol. The van der Waals surface area contributed by atoms with Crippen molar-refractivity contribution in [3.63, 3.8) is 0 Å². The maximum Gasteiger partial charge on any atom is 0.0987 e. The Morgan fingerprint density at radius 2 is 2.17 bits per heavy atom. The van der Waals surface area contributed by atoms with Crippen molar-refractivity contribution in [2.24, 2.45) is 0 Å². The third kappa shape index (κ3) is 4.68. The molecule has 6 heavy (non-hydrogen) atoms. The van der Waals surface area contributed by atoms with E-state index in [4.69, 9.17) is 4.78 Å². The Morgan fingerprint density at radius 3 is 2.17 bits per heavy atom. The molecule has 1 N–H and O–H groups in total. The summed E-state index contributed by atoms with van der Waals surface area (Å²) in [4.78, 5) is 0. The molecule has 38 valence electrons. The van der Waals surface area contributed by atoms with Crippen LogP contribution in [0.1, 0.15) is 6.92 Å². The van der Waals surface area contributed by atoms with E-state index in [1.54, 1.807) is 28.1 Å². The summed E-state index contributed by atoms with van der Waals surface area (Å²) in [5, 5.41) is 0. The highest BCUT2D eigenvalue weighted by Crippen LogP contribution is 1.99. The molecule has 0 aromatic carbocycles. The highest BCUT2D eigenvalue weighted by atomic mass is 127. The summed E-state index contributed by atoms with van der Waals surface area (Å²) in [5.74, 6) is 0.452. The molecule has 0 aliphatic heterocycles. The minimum Gasteiger partial charge on any atom is -0.245 e. The minimum atomic E-state index is -2.19. The Balaban J connectivity index is 3.85. The lowest BCUT2D eigenvalue weighted by Gasteiger charge is -1.83. The lowest BCUT2D eigenvalue weighted by molar-refractivity contribution is 0.686. The van der Waals surface area contributed by atoms with E-state index in [2.05, 4.69) is 0 Å². The van der Waals surface area contributed by atoms with Gasteiger partial charge in [0.25, 0.3) is 0 Å². The summed E-state index contributed by atoms with van der Waals surface area (Å²) in [6.07, 6.45) is 0. The summed E-state index contributed by atoms with van der Waals surface area (Å²) in [6, 6.07) is 0. The van der Waals surface area contributed by atoms with Gasteiger partial charge < -0.3 is 0 Å². The van der Waals surface area contributed by atoms with Crippen LogP contribution in [0.25, 0.3) is 0 Å². The van der Waals surface area contributed by atoms with Crippen molar-refractivity contribution in [2.45, 2.75) is 6.92 Å². The molecule has 0 saturated carbocycles. The number of halogens is 1. The topological polar surface area (TPSA) is 40.9 Å². The smallest absolute Gasteiger partial charge is 0.0987 e. The zero-order valence-corrected chi connectivity index (χ0v) is 6.38. The lowest BCUT2D eigenvalue weighted by atomic mass is 11.0. The molecule has 1 atom stereocenters. The van der Waals surface area contributed by atoms with Gasteiger partial charge in [0.1, 0.15) is 0 Å². The van der Waals surface area contributed by atoms with Crippen LogP contribution in [0.2, 0.25) is 0 Å². The van der Waals surface area contributed by atoms with Gasteiger partial charge in [0.05, 0.1) is 6.90 Å². The standard InChI is InChI=1S/C2H6INOS/c1-2-6(3,4)5/h4H,2H2,1H3. The molecule has 2 nitrogen and oxygen atoms in total. The van der Waals surface area contributed by atoms with E-state index >= 15 is 0 Å². The van der Waals surface area contributed by atoms with Crippen LogP contribution >= 0.6 is 21.2 Å². The van der Waals surface area contributed by atoms with Crippen LogP contribution in [0.5, 0.6) is 0 Å². The molecular weight excluding hydrogens is 213 g/mol. The SMILES string of the molecule is CCS(=N)(=O)I. The van der Waals surface area contributed by atoms with Crippen LogP contribution in [0.3, 0.4) is 0 Å². The molecule has 0 radical (unpaired) electrons. The second-order valence-corrected chi connectivity index (χ2v) is 6.92. The molecule has 0 amide bonds. The maximum absolute atomic E-state index is 10.2. The zero-order chi connectivity index (χ0) is 5.21. The van der Waals surface area contributed by atoms with Gasteiger partial charge >= 0.3 is 0 Å². The van der Waals surface area contributed by atoms with Crippen LogP contribution in [0, 0.1) is 4.78 Å². The normalized spacial score (nSPS) is 19.7. The van der Waals surface area contributed by atoms with Crippen LogP contribution in [-0.2, 0) is 6.90 Å². The molecule has 0 rings (SSSR count). The molecular formula is C2H6INOS. The van der Waals surface area contributed by atoms with Crippen molar-refractivity contribution in [1.29, 1.82) is 4.78 Å². The van der Waals surface area contributed by atoms with E-state index < -0.39 is 6.90 Å². The van der Waals surface area contributed by atoms with Gasteiger partial charge in [0.15, 0.2) is 0 Å². The Labute approximate surface area is 49.9 Å². The second kappa shape index (κ2) is 2.11. The highest BCUT2D eigenvalue weighted by molar-refractivity contribution is 14.2. The Kier molecular flexibility index (Phi) is 2.35. The van der Waals surface area contributed by atoms with E-state index in [1.807, 2.05) is 0 Å². The summed E-state index contributed by atoms with van der Waals surface area (Å²) in [6.45, 7) is -0.454. The highest BCUT2D eigenvalue weighted by Gasteiger charge is 1.88. The molecule has 0 aromatic heterocycles. The first-order valence-corrected chi connectivity index (χ1v) is 5.79. The van der Waals surface area contributed by atoms with Crippen molar-refractivity contribution in [3.8, 4) is 0 Å². The number of nitrogens with one attached hydrogen (secondary N) is 1. The number of rotatable bonds is 1. The Hall–Kier alpha value is 0.680. The average Bonchev–Trinajstić information content (AvgIpc) is 1.35. The zero-order valence-electron chi connectivity index (χ0n) is 3.40. The van der Waals surface area contributed by atoms with Crippen LogP contribution in [0.15, 0.2) is 0 Å². The minimum absolute atomic E-state index is 0.452. The van der Waals surface area contributed by atoms with Gasteiger partial charge in [-0.15, -0.1) is 0 Å². The number of hydrogen-bond donors (Lipinski definition) is 1. The Bertz CT molecular complexity index is 116. The van der Waals surface area contributed by atoms with Gasteiger partial charge in [0, 0.05) is 27.0 Å². The van der Waals surface area contributed by atoms with E-state index in [1.165, 1.54) is 0 Å². The third-order valence-corrected chi connectivity index (χ3v) is 2.98. The van der Waals surface area contributed by atoms with Crippen molar-refractivity contribution < 1.29 is 4.21 Å². The van der Waals surface area contributed by atoms with Crippen LogP contribution < -0.4 is 0 Å². The lowest BCUT2D eigenvalue weighted by Crippen LogP contribution is -1.84. The molecule has 0 spiro atoms. The monoisotopic (exact) mass is 219 g/mol. The third-order valence-electron chi connectivity index (χ3n) is 0.371. The maximum atomic E-state index is 10.2. The fourth-order valence-corrected chi connectivity index (χ4v) is 0. The molecule has 0 heterocycles. The first kappa shape index (κ1) is 6.68. The van der Waals surface area contributed by atoms with Gasteiger partial charge in [-0.3, -0.25) is 0 Å². The molecule has 0 saturated heterocycles. The average molecular weight is 219 g/mol. The first-order valence-electron chi connectivity index (χ1n) is 1.52. The van der Waals surface area contributed by atoms with Gasteiger partial charge in [-0.25, -0.2) is 8.99 Å². The fourth-order valence-electron chi connectivity index (χ4n) is 0. The molecule has 0 aliphatic carbocycles. The van der Waals surface area contributed by atoms with E-state index in [9.17, 15) is 4.21 Å². The predicted octanol–water partition coefficient (Wildman–Crippen LogP) is 1.40. The summed E-state index contributed by atoms with van der Waals surface area (Å²) in [7, 11) is 0. The fraction of sp³-hybridized carbons (Fsp3) is 1.00. The quantitative estimate of drug-likeness (QED) is 0.525. The molecule has 1 unspecified atom stereocenters. The van der Waals surface area contributed by atoms with Gasteiger partial charge in [0.2, 0.25) is 0 Å². The van der Waals surface area contributed by atoms with Gasteiger partial charge in [-0.1, -0.05) is 6.92 Å². The van der Waals surface area contributed by atoms with Gasteiger partial charge in [-0.2, -0.15) is 0 Å². The largest absolute Gasteiger partial charge is 0.245 e. The summed E-state index contributed by atoms with van der Waals surface area (Å²) >= 11 is 1.64. The van der Waals surface area contributed by atoms with E-state index in [-0.39, 0.29) is 0 Å². The molecule has 0 bridgehead atoms. The van der Waals surface area contributed by atoms with Crippen molar-refractivity contribution in [3.05, 3.63) is 0 Å². The molecule has 0 fully saturated rings. The van der Waals surface area contributed by atoms with Crippen LogP contribution in [-0.4, -0.2) is 9.96 Å². The van der Waals surface area contributed by atoms with E-state index in [0.29, 0.717) is 5.75 Å². The van der Waals surface area contributed by atoms with Gasteiger partial charge in [-0.05, 0) is 0 Å². The van der Waals surface area contributed by atoms with Crippen LogP contribution in [0.4, 0.5) is 0 Å². The van der Waals surface area contributed by atoms with Crippen molar-refractivity contribution >= 4 is 28.1 Å². The van der Waals surface area contributed by atoms with Crippen molar-refractivity contribution in [1.82, 2.24) is 0 Å². The van der Waals surface area contributed by atoms with Crippen molar-refractivity contribution in [2.75, 3.05) is 5.75 Å². The second-order valence-electron chi connectivity index (χ2n) is 0.883. The summed E-state index contributed by atoms with van der Waals surface area (Å²) < 4.78 is 16.9. The molecule has 0 aromatic rings. The molecule has 4 heteroatoms. The number of hydrogen-bond acceptors (Lipinski definition) is 2. The Morgan fingerprint density at radius 1 is 2.00 bits per heavy atom. The molecule has 0 aliphatic rings. The first-order chi connectivity index (χ1) is 2.56.